The molecule has 1 aliphatic rings. The molecular formula is C20H29N3O4S. The van der Waals surface area contributed by atoms with Crippen LogP contribution < -0.4 is 5.56 Å². The van der Waals surface area contributed by atoms with Gasteiger partial charge in [0.2, 0.25) is 0 Å². The zero-order valence-corrected chi connectivity index (χ0v) is 17.8. The quantitative estimate of drug-likeness (QED) is 0.841. The Morgan fingerprint density at radius 1 is 1.36 bits per heavy atom. The molecule has 2 aromatic heterocycles. The number of carbonyl (C=O) groups excluding carboxylic acids is 1. The first-order valence-electron chi connectivity index (χ1n) is 9.78. The van der Waals surface area contributed by atoms with E-state index in [9.17, 15) is 14.7 Å². The average molecular weight is 408 g/mol. The molecule has 0 atom stereocenters. The number of aryl methyl sites for hydroxylation is 1. The van der Waals surface area contributed by atoms with Gasteiger partial charge in [0.15, 0.2) is 0 Å². The van der Waals surface area contributed by atoms with Crippen LogP contribution in [0.3, 0.4) is 0 Å². The van der Waals surface area contributed by atoms with Gasteiger partial charge >= 0.3 is 6.09 Å². The van der Waals surface area contributed by atoms with Crippen LogP contribution in [0, 0.1) is 0 Å². The van der Waals surface area contributed by atoms with Gasteiger partial charge in [-0.3, -0.25) is 9.36 Å². The minimum Gasteiger partial charge on any atom is -0.444 e. The van der Waals surface area contributed by atoms with Gasteiger partial charge in [0.1, 0.15) is 10.4 Å². The van der Waals surface area contributed by atoms with Gasteiger partial charge in [0, 0.05) is 18.0 Å². The maximum absolute atomic E-state index is 12.8. The van der Waals surface area contributed by atoms with Crippen LogP contribution in [0.5, 0.6) is 0 Å². The molecule has 0 radical (unpaired) electrons. The number of fused-ring (bicyclic) bond motifs is 1. The number of likely N-dealkylation sites (tertiary alicyclic amines) is 1. The highest BCUT2D eigenvalue weighted by Crippen LogP contribution is 2.26. The highest BCUT2D eigenvalue weighted by molar-refractivity contribution is 7.18. The number of hydrogen-bond donors (Lipinski definition) is 1. The summed E-state index contributed by atoms with van der Waals surface area (Å²) in [5.74, 6) is 0. The molecule has 0 aliphatic carbocycles. The fourth-order valence-corrected chi connectivity index (χ4v) is 4.49. The Balaban J connectivity index is 1.69. The van der Waals surface area contributed by atoms with E-state index in [1.165, 1.54) is 10.9 Å². The van der Waals surface area contributed by atoms with Crippen molar-refractivity contribution in [1.82, 2.24) is 14.5 Å². The summed E-state index contributed by atoms with van der Waals surface area (Å²) in [5.41, 5.74) is -1.71. The van der Waals surface area contributed by atoms with Gasteiger partial charge in [-0.25, -0.2) is 9.78 Å². The maximum atomic E-state index is 12.8. The number of piperidine rings is 1. The number of hydrogen-bond acceptors (Lipinski definition) is 6. The SMILES string of the molecule is CCCc1cc2c(=O)n(CC3(O)CCN(C(=O)OC(C)(C)C)CC3)cnc2s1. The van der Waals surface area contributed by atoms with Gasteiger partial charge in [-0.05, 0) is 46.1 Å². The molecule has 3 heterocycles. The summed E-state index contributed by atoms with van der Waals surface area (Å²) in [6, 6.07) is 1.92. The zero-order chi connectivity index (χ0) is 20.5. The highest BCUT2D eigenvalue weighted by Gasteiger charge is 2.36. The number of carbonyl (C=O) groups is 1. The van der Waals surface area contributed by atoms with Crippen molar-refractivity contribution in [2.24, 2.45) is 0 Å². The second-order valence-corrected chi connectivity index (χ2v) is 9.67. The van der Waals surface area contributed by atoms with Crippen molar-refractivity contribution < 1.29 is 14.6 Å². The summed E-state index contributed by atoms with van der Waals surface area (Å²) in [5, 5.41) is 11.6. The fraction of sp³-hybridized carbons (Fsp3) is 0.650. The normalized spacial score (nSPS) is 17.1. The second kappa shape index (κ2) is 7.83. The number of thiophene rings is 1. The first-order valence-corrected chi connectivity index (χ1v) is 10.6. The van der Waals surface area contributed by atoms with Gasteiger partial charge in [-0.2, -0.15) is 0 Å². The largest absolute Gasteiger partial charge is 0.444 e. The molecule has 0 unspecified atom stereocenters. The molecule has 8 heteroatoms. The predicted octanol–water partition coefficient (Wildman–Crippen LogP) is 3.17. The van der Waals surface area contributed by atoms with Crippen molar-refractivity contribution >= 4 is 27.6 Å². The van der Waals surface area contributed by atoms with Crippen molar-refractivity contribution in [1.29, 1.82) is 0 Å². The Morgan fingerprint density at radius 3 is 2.64 bits per heavy atom. The number of aromatic nitrogens is 2. The Kier molecular flexibility index (Phi) is 5.82. The maximum Gasteiger partial charge on any atom is 0.410 e. The lowest BCUT2D eigenvalue weighted by molar-refractivity contribution is -0.0419. The van der Waals surface area contributed by atoms with Crippen LogP contribution in [0.25, 0.3) is 10.2 Å². The molecule has 0 saturated carbocycles. The van der Waals surface area contributed by atoms with Gasteiger partial charge in [0.05, 0.1) is 23.9 Å². The van der Waals surface area contributed by atoms with Gasteiger partial charge < -0.3 is 14.7 Å². The van der Waals surface area contributed by atoms with E-state index >= 15 is 0 Å². The third-order valence-corrected chi connectivity index (χ3v) is 5.98. The third kappa shape index (κ3) is 4.72. The molecule has 1 saturated heterocycles. The van der Waals surface area contributed by atoms with Crippen molar-refractivity contribution in [3.05, 3.63) is 27.6 Å². The van der Waals surface area contributed by atoms with E-state index in [1.54, 1.807) is 16.2 Å². The summed E-state index contributed by atoms with van der Waals surface area (Å²) in [6.07, 6.45) is 3.90. The van der Waals surface area contributed by atoms with E-state index < -0.39 is 11.2 Å². The number of aliphatic hydroxyl groups is 1. The fourth-order valence-electron chi connectivity index (χ4n) is 3.40. The summed E-state index contributed by atoms with van der Waals surface area (Å²) in [7, 11) is 0. The Hall–Kier alpha value is -1.93. The molecule has 1 fully saturated rings. The standard InChI is InChI=1S/C20H29N3O4S/c1-5-6-14-11-15-16(28-14)21-13-23(17(15)24)12-20(26)7-9-22(10-8-20)18(25)27-19(2,3)4/h11,13,26H,5-10,12H2,1-4H3. The van der Waals surface area contributed by atoms with E-state index in [0.29, 0.717) is 31.3 Å². The van der Waals surface area contributed by atoms with Crippen LogP contribution in [-0.4, -0.2) is 49.9 Å². The van der Waals surface area contributed by atoms with Crippen molar-refractivity contribution in [3.63, 3.8) is 0 Å². The lowest BCUT2D eigenvalue weighted by atomic mass is 9.91. The van der Waals surface area contributed by atoms with Gasteiger partial charge in [-0.1, -0.05) is 13.3 Å². The lowest BCUT2D eigenvalue weighted by Crippen LogP contribution is -2.50. The second-order valence-electron chi connectivity index (χ2n) is 8.55. The molecule has 28 heavy (non-hydrogen) atoms. The van der Waals surface area contributed by atoms with E-state index in [1.807, 2.05) is 26.8 Å². The van der Waals surface area contributed by atoms with Crippen LogP contribution >= 0.6 is 11.3 Å². The van der Waals surface area contributed by atoms with Crippen molar-refractivity contribution in [3.8, 4) is 0 Å². The van der Waals surface area contributed by atoms with E-state index in [2.05, 4.69) is 11.9 Å². The molecule has 1 amide bonds. The minimum absolute atomic E-state index is 0.119. The smallest absolute Gasteiger partial charge is 0.410 e. The topological polar surface area (TPSA) is 84.7 Å². The van der Waals surface area contributed by atoms with Crippen LogP contribution in [0.1, 0.15) is 51.8 Å². The number of rotatable bonds is 4. The first-order chi connectivity index (χ1) is 13.1. The van der Waals surface area contributed by atoms with Crippen LogP contribution in [0.2, 0.25) is 0 Å². The van der Waals surface area contributed by atoms with E-state index in [-0.39, 0.29) is 18.2 Å². The summed E-state index contributed by atoms with van der Waals surface area (Å²) < 4.78 is 6.89. The molecule has 0 aromatic carbocycles. The van der Waals surface area contributed by atoms with Crippen molar-refractivity contribution in [2.45, 2.75) is 71.1 Å². The predicted molar refractivity (Wildman–Crippen MR) is 110 cm³/mol. The molecule has 154 valence electrons. The van der Waals surface area contributed by atoms with Crippen molar-refractivity contribution in [2.75, 3.05) is 13.1 Å². The van der Waals surface area contributed by atoms with Crippen LogP contribution in [-0.2, 0) is 17.7 Å². The van der Waals surface area contributed by atoms with Crippen LogP contribution in [0.15, 0.2) is 17.2 Å². The average Bonchev–Trinajstić information content (AvgIpc) is 3.00. The summed E-state index contributed by atoms with van der Waals surface area (Å²) >= 11 is 1.55. The zero-order valence-electron chi connectivity index (χ0n) is 17.0. The summed E-state index contributed by atoms with van der Waals surface area (Å²) in [6.45, 7) is 8.57. The van der Waals surface area contributed by atoms with E-state index in [0.717, 1.165) is 22.5 Å². The Bertz CT molecular complexity index is 904. The highest BCUT2D eigenvalue weighted by atomic mass is 32.1. The minimum atomic E-state index is -1.04. The molecule has 7 nitrogen and oxygen atoms in total. The molecule has 0 spiro atoms. The molecule has 0 bridgehead atoms. The molecular weight excluding hydrogens is 378 g/mol. The first kappa shape index (κ1) is 20.8. The summed E-state index contributed by atoms with van der Waals surface area (Å²) in [4.78, 5) is 32.9. The molecule has 1 N–H and O–H groups in total. The molecule has 2 aromatic rings. The van der Waals surface area contributed by atoms with Gasteiger partial charge in [-0.15, -0.1) is 11.3 Å². The molecule has 1 aliphatic heterocycles. The monoisotopic (exact) mass is 407 g/mol. The number of ether oxygens (including phenoxy) is 1. The van der Waals surface area contributed by atoms with E-state index in [4.69, 9.17) is 4.74 Å². The number of amides is 1. The van der Waals surface area contributed by atoms with Gasteiger partial charge in [0.25, 0.3) is 5.56 Å². The molecule has 3 rings (SSSR count). The Morgan fingerprint density at radius 2 is 2.04 bits per heavy atom. The Labute approximate surface area is 168 Å². The van der Waals surface area contributed by atoms with Crippen LogP contribution in [0.4, 0.5) is 4.79 Å². The number of nitrogens with zero attached hydrogens (tertiary/aromatic N) is 3. The third-order valence-electron chi connectivity index (χ3n) is 4.88. The lowest BCUT2D eigenvalue weighted by Gasteiger charge is -2.38.